The van der Waals surface area contributed by atoms with Gasteiger partial charge in [0.2, 0.25) is 0 Å². The van der Waals surface area contributed by atoms with Gasteiger partial charge in [0.1, 0.15) is 0 Å². The van der Waals surface area contributed by atoms with Crippen molar-refractivity contribution in [3.63, 3.8) is 0 Å². The van der Waals surface area contributed by atoms with E-state index in [0.717, 1.165) is 11.4 Å². The summed E-state index contributed by atoms with van der Waals surface area (Å²) >= 11 is 0. The average Bonchev–Trinajstić information content (AvgIpc) is 3.89. The van der Waals surface area contributed by atoms with Crippen molar-refractivity contribution < 1.29 is 0 Å². The Hall–Kier alpha value is -7.98. The number of fused-ring (bicyclic) bond motifs is 6. The third-order valence-electron chi connectivity index (χ3n) is 13.1. The van der Waals surface area contributed by atoms with E-state index in [9.17, 15) is 0 Å². The Kier molecular flexibility index (Phi) is 8.87. The molecule has 2 heterocycles. The molecule has 63 heavy (non-hydrogen) atoms. The van der Waals surface area contributed by atoms with Gasteiger partial charge in [-0.25, -0.2) is 0 Å². The Morgan fingerprint density at radius 2 is 0.714 bits per heavy atom. The Bertz CT molecular complexity index is 3480. The molecule has 0 N–H and O–H groups in total. The molecule has 296 valence electrons. The number of aromatic nitrogens is 2. The van der Waals surface area contributed by atoms with E-state index in [0.29, 0.717) is 0 Å². The van der Waals surface area contributed by atoms with Gasteiger partial charge in [0.05, 0.1) is 27.8 Å². The standard InChI is InChI=1S/C60H42N2Si/c1-6-20-43(21-7-1)45-36-39-47(40-37-45)61-55-33-17-16-30-51(55)52-31-18-34-57(59(52)61)62-56-41-38-46(44-22-8-2-9-23-44)42-54(56)53-32-19-35-58(60(53)62)63(48-24-10-3-11-25-48,49-26-12-4-13-27-49)50-28-14-5-15-29-50/h1-42H. The van der Waals surface area contributed by atoms with Crippen molar-refractivity contribution in [3.05, 3.63) is 255 Å². The Morgan fingerprint density at radius 3 is 1.32 bits per heavy atom. The minimum absolute atomic E-state index is 1.13. The summed E-state index contributed by atoms with van der Waals surface area (Å²) in [4.78, 5) is 0. The largest absolute Gasteiger partial charge is 0.307 e. The molecule has 10 aromatic carbocycles. The van der Waals surface area contributed by atoms with E-state index in [1.165, 1.54) is 86.6 Å². The van der Waals surface area contributed by atoms with Gasteiger partial charge in [-0.15, -0.1) is 0 Å². The fourth-order valence-corrected chi connectivity index (χ4v) is 15.3. The van der Waals surface area contributed by atoms with Gasteiger partial charge in [0.15, 0.2) is 8.07 Å². The molecule has 0 saturated heterocycles. The molecule has 12 rings (SSSR count). The first kappa shape index (κ1) is 36.8. The van der Waals surface area contributed by atoms with Crippen molar-refractivity contribution in [2.45, 2.75) is 0 Å². The van der Waals surface area contributed by atoms with Gasteiger partial charge in [-0.05, 0) is 79.4 Å². The molecule has 2 aromatic heterocycles. The van der Waals surface area contributed by atoms with Crippen LogP contribution in [0.4, 0.5) is 0 Å². The lowest BCUT2D eigenvalue weighted by Crippen LogP contribution is -2.75. The van der Waals surface area contributed by atoms with Crippen molar-refractivity contribution in [3.8, 4) is 33.6 Å². The third kappa shape index (κ3) is 5.85. The first-order valence-electron chi connectivity index (χ1n) is 21.8. The van der Waals surface area contributed by atoms with E-state index in [4.69, 9.17) is 0 Å². The van der Waals surface area contributed by atoms with Gasteiger partial charge in [0.25, 0.3) is 0 Å². The minimum Gasteiger partial charge on any atom is -0.307 e. The smallest absolute Gasteiger partial charge is 0.181 e. The van der Waals surface area contributed by atoms with Gasteiger partial charge in [0, 0.05) is 27.2 Å². The lowest BCUT2D eigenvalue weighted by atomic mass is 10.0. The van der Waals surface area contributed by atoms with E-state index >= 15 is 0 Å². The Morgan fingerprint density at radius 1 is 0.270 bits per heavy atom. The summed E-state index contributed by atoms with van der Waals surface area (Å²) in [5, 5.41) is 10.3. The highest BCUT2D eigenvalue weighted by molar-refractivity contribution is 7.20. The van der Waals surface area contributed by atoms with Crippen molar-refractivity contribution >= 4 is 72.4 Å². The molecule has 0 aliphatic heterocycles. The van der Waals surface area contributed by atoms with E-state index in [-0.39, 0.29) is 0 Å². The number of hydrogen-bond acceptors (Lipinski definition) is 0. The maximum absolute atomic E-state index is 3.01. The zero-order chi connectivity index (χ0) is 41.7. The Labute approximate surface area is 368 Å². The lowest BCUT2D eigenvalue weighted by molar-refractivity contribution is 1.13. The fraction of sp³-hybridized carbons (Fsp3) is 0. The molecule has 12 aromatic rings. The van der Waals surface area contributed by atoms with Crippen molar-refractivity contribution in [1.29, 1.82) is 0 Å². The summed E-state index contributed by atoms with van der Waals surface area (Å²) in [6, 6.07) is 94.4. The number of rotatable bonds is 8. The van der Waals surface area contributed by atoms with E-state index in [1.807, 2.05) is 0 Å². The van der Waals surface area contributed by atoms with Crippen LogP contribution in [0.15, 0.2) is 255 Å². The minimum atomic E-state index is -3.01. The van der Waals surface area contributed by atoms with Crippen molar-refractivity contribution in [2.24, 2.45) is 0 Å². The first-order valence-corrected chi connectivity index (χ1v) is 23.8. The van der Waals surface area contributed by atoms with Crippen LogP contribution in [0, 0.1) is 0 Å². The van der Waals surface area contributed by atoms with Crippen LogP contribution in [-0.4, -0.2) is 17.2 Å². The predicted octanol–water partition coefficient (Wildman–Crippen LogP) is 12.6. The van der Waals surface area contributed by atoms with E-state index < -0.39 is 8.07 Å². The molecule has 0 bridgehead atoms. The quantitative estimate of drug-likeness (QED) is 0.107. The molecule has 0 aliphatic rings. The molecule has 3 heteroatoms. The van der Waals surface area contributed by atoms with Crippen LogP contribution in [0.3, 0.4) is 0 Å². The zero-order valence-electron chi connectivity index (χ0n) is 34.6. The molecular weight excluding hydrogens is 777 g/mol. The normalized spacial score (nSPS) is 11.8. The molecule has 0 saturated carbocycles. The lowest BCUT2D eigenvalue weighted by Gasteiger charge is -2.35. The van der Waals surface area contributed by atoms with Crippen LogP contribution in [0.2, 0.25) is 0 Å². The molecule has 0 spiro atoms. The van der Waals surface area contributed by atoms with Crippen LogP contribution in [0.5, 0.6) is 0 Å². The summed E-state index contributed by atoms with van der Waals surface area (Å²) in [6.07, 6.45) is 0. The van der Waals surface area contributed by atoms with Crippen LogP contribution < -0.4 is 20.7 Å². The second-order valence-electron chi connectivity index (χ2n) is 16.4. The van der Waals surface area contributed by atoms with Gasteiger partial charge < -0.3 is 9.13 Å². The molecule has 0 fully saturated rings. The van der Waals surface area contributed by atoms with Crippen LogP contribution in [0.25, 0.3) is 77.2 Å². The van der Waals surface area contributed by atoms with Gasteiger partial charge in [-0.2, -0.15) is 0 Å². The summed E-state index contributed by atoms with van der Waals surface area (Å²) in [6.45, 7) is 0. The summed E-state index contributed by atoms with van der Waals surface area (Å²) in [5.41, 5.74) is 11.9. The maximum Gasteiger partial charge on any atom is 0.181 e. The highest BCUT2D eigenvalue weighted by Crippen LogP contribution is 2.41. The third-order valence-corrected chi connectivity index (χ3v) is 17.9. The van der Waals surface area contributed by atoms with Crippen LogP contribution in [0.1, 0.15) is 0 Å². The van der Waals surface area contributed by atoms with E-state index in [1.54, 1.807) is 0 Å². The van der Waals surface area contributed by atoms with Crippen LogP contribution in [-0.2, 0) is 0 Å². The second-order valence-corrected chi connectivity index (χ2v) is 20.2. The number of benzene rings is 10. The molecule has 0 radical (unpaired) electrons. The molecule has 0 aliphatic carbocycles. The average molecular weight is 819 g/mol. The number of hydrogen-bond donors (Lipinski definition) is 0. The van der Waals surface area contributed by atoms with Gasteiger partial charge in [-0.1, -0.05) is 218 Å². The molecule has 2 nitrogen and oxygen atoms in total. The van der Waals surface area contributed by atoms with Crippen molar-refractivity contribution in [1.82, 2.24) is 9.13 Å². The number of nitrogens with zero attached hydrogens (tertiary/aromatic N) is 2. The molecule has 0 unspecified atom stereocenters. The predicted molar refractivity (Wildman–Crippen MR) is 270 cm³/mol. The first-order chi connectivity index (χ1) is 31.3. The highest BCUT2D eigenvalue weighted by Gasteiger charge is 2.43. The monoisotopic (exact) mass is 818 g/mol. The Balaban J connectivity index is 1.25. The summed E-state index contributed by atoms with van der Waals surface area (Å²) in [5.74, 6) is 0. The summed E-state index contributed by atoms with van der Waals surface area (Å²) in [7, 11) is -3.01. The van der Waals surface area contributed by atoms with Crippen molar-refractivity contribution in [2.75, 3.05) is 0 Å². The highest BCUT2D eigenvalue weighted by atomic mass is 28.3. The summed E-state index contributed by atoms with van der Waals surface area (Å²) < 4.78 is 5.10. The molecular formula is C60H42N2Si. The zero-order valence-corrected chi connectivity index (χ0v) is 35.6. The maximum atomic E-state index is 2.61. The second kappa shape index (κ2) is 15.2. The SMILES string of the molecule is c1ccc(-c2ccc(-n3c4ccccc4c4cccc(-n5c6ccc(-c7ccccc7)cc6c6cccc([Si](c7ccccc7)(c7ccccc7)c7ccccc7)c65)c43)cc2)cc1. The van der Waals surface area contributed by atoms with Crippen LogP contribution >= 0.6 is 0 Å². The topological polar surface area (TPSA) is 9.86 Å². The van der Waals surface area contributed by atoms with Gasteiger partial charge in [-0.3, -0.25) is 0 Å². The van der Waals surface area contributed by atoms with Gasteiger partial charge >= 0.3 is 0 Å². The molecule has 0 amide bonds. The molecule has 0 atom stereocenters. The van der Waals surface area contributed by atoms with E-state index in [2.05, 4.69) is 264 Å². The number of para-hydroxylation sites is 3. The fourth-order valence-electron chi connectivity index (χ4n) is 10.3.